The Labute approximate surface area is 102 Å². The smallest absolute Gasteiger partial charge is 0.162 e. The van der Waals surface area contributed by atoms with Crippen LogP contribution in [-0.4, -0.2) is 12.1 Å². The van der Waals surface area contributed by atoms with Crippen LogP contribution in [0, 0.1) is 17.6 Å². The van der Waals surface area contributed by atoms with E-state index in [1.165, 1.54) is 0 Å². The Morgan fingerprint density at radius 1 is 1.12 bits per heavy atom. The maximum Gasteiger partial charge on any atom is 0.162 e. The Morgan fingerprint density at radius 3 is 2.35 bits per heavy atom. The van der Waals surface area contributed by atoms with Gasteiger partial charge in [-0.2, -0.15) is 0 Å². The van der Waals surface area contributed by atoms with E-state index in [0.29, 0.717) is 18.0 Å². The first-order valence-corrected chi connectivity index (χ1v) is 6.10. The van der Waals surface area contributed by atoms with Crippen molar-refractivity contribution in [2.45, 2.75) is 46.2 Å². The molecule has 17 heavy (non-hydrogen) atoms. The fourth-order valence-corrected chi connectivity index (χ4v) is 1.92. The Hall–Kier alpha value is -0.960. The number of hydrogen-bond acceptors (Lipinski definition) is 1. The molecule has 0 saturated carbocycles. The molecule has 0 heterocycles. The summed E-state index contributed by atoms with van der Waals surface area (Å²) in [5.74, 6) is -1.22. The van der Waals surface area contributed by atoms with Crippen molar-refractivity contribution in [1.29, 1.82) is 0 Å². The van der Waals surface area contributed by atoms with E-state index in [1.54, 1.807) is 12.1 Å². The summed E-state index contributed by atoms with van der Waals surface area (Å²) in [5, 5.41) is 3.38. The van der Waals surface area contributed by atoms with Crippen LogP contribution in [0.4, 0.5) is 8.78 Å². The molecule has 0 radical (unpaired) electrons. The molecule has 2 atom stereocenters. The van der Waals surface area contributed by atoms with Crippen LogP contribution in [0.2, 0.25) is 0 Å². The molecule has 0 aliphatic heterocycles. The van der Waals surface area contributed by atoms with Gasteiger partial charge in [0, 0.05) is 12.1 Å². The van der Waals surface area contributed by atoms with Crippen LogP contribution in [0.3, 0.4) is 0 Å². The molecule has 1 nitrogen and oxygen atoms in total. The zero-order valence-corrected chi connectivity index (χ0v) is 10.9. The fourth-order valence-electron chi connectivity index (χ4n) is 1.92. The third-order valence-electron chi connectivity index (χ3n) is 3.02. The van der Waals surface area contributed by atoms with Crippen molar-refractivity contribution in [3.63, 3.8) is 0 Å². The molecule has 2 unspecified atom stereocenters. The number of halogens is 2. The normalized spacial score (nSPS) is 15.0. The van der Waals surface area contributed by atoms with Gasteiger partial charge in [0.25, 0.3) is 0 Å². The Kier molecular flexibility index (Phi) is 5.06. The third kappa shape index (κ3) is 4.08. The monoisotopic (exact) mass is 241 g/mol. The molecule has 0 aliphatic rings. The lowest BCUT2D eigenvalue weighted by atomic mass is 9.94. The predicted octanol–water partition coefficient (Wildman–Crippen LogP) is 3.53. The molecular formula is C14H21F2N. The van der Waals surface area contributed by atoms with Crippen molar-refractivity contribution in [2.75, 3.05) is 0 Å². The summed E-state index contributed by atoms with van der Waals surface area (Å²) < 4.78 is 26.5. The van der Waals surface area contributed by atoms with Crippen LogP contribution < -0.4 is 5.32 Å². The van der Waals surface area contributed by atoms with Gasteiger partial charge in [-0.3, -0.25) is 0 Å². The lowest BCUT2D eigenvalue weighted by molar-refractivity contribution is 0.366. The molecule has 0 bridgehead atoms. The van der Waals surface area contributed by atoms with E-state index in [0.717, 1.165) is 6.07 Å². The first-order chi connectivity index (χ1) is 7.91. The molecule has 0 aliphatic carbocycles. The molecule has 96 valence electrons. The minimum absolute atomic E-state index is 0.258. The van der Waals surface area contributed by atoms with E-state index in [1.807, 2.05) is 6.92 Å². The summed E-state index contributed by atoms with van der Waals surface area (Å²) in [6.45, 7) is 8.27. The van der Waals surface area contributed by atoms with Crippen molar-refractivity contribution in [2.24, 2.45) is 5.92 Å². The van der Waals surface area contributed by atoms with Crippen molar-refractivity contribution in [3.8, 4) is 0 Å². The molecule has 0 aromatic heterocycles. The van der Waals surface area contributed by atoms with Gasteiger partial charge in [0.1, 0.15) is 0 Å². The maximum atomic E-state index is 13.5. The van der Waals surface area contributed by atoms with Crippen LogP contribution in [-0.2, 0) is 6.42 Å². The first-order valence-electron chi connectivity index (χ1n) is 6.10. The molecule has 1 N–H and O–H groups in total. The fraction of sp³-hybridized carbons (Fsp3) is 0.571. The van der Waals surface area contributed by atoms with E-state index < -0.39 is 11.6 Å². The Morgan fingerprint density at radius 2 is 1.76 bits per heavy atom. The average molecular weight is 241 g/mol. The highest BCUT2D eigenvalue weighted by molar-refractivity contribution is 5.19. The van der Waals surface area contributed by atoms with E-state index in [9.17, 15) is 8.78 Å². The molecule has 1 rings (SSSR count). The quantitative estimate of drug-likeness (QED) is 0.831. The highest BCUT2D eigenvalue weighted by Crippen LogP contribution is 2.17. The molecule has 0 saturated heterocycles. The second-order valence-electron chi connectivity index (χ2n) is 5.00. The SMILES string of the molecule is CC(C)NC(C)C(C)Cc1cccc(F)c1F. The molecule has 0 amide bonds. The van der Waals surface area contributed by atoms with Crippen LogP contribution in [0.15, 0.2) is 18.2 Å². The van der Waals surface area contributed by atoms with Crippen LogP contribution in [0.1, 0.15) is 33.3 Å². The maximum absolute atomic E-state index is 13.5. The van der Waals surface area contributed by atoms with Gasteiger partial charge in [-0.1, -0.05) is 32.9 Å². The number of nitrogens with one attached hydrogen (secondary N) is 1. The minimum Gasteiger partial charge on any atom is -0.312 e. The lowest BCUT2D eigenvalue weighted by Crippen LogP contribution is -2.37. The molecule has 0 fully saturated rings. The Bertz CT molecular complexity index is 363. The summed E-state index contributed by atoms with van der Waals surface area (Å²) in [6, 6.07) is 5.03. The van der Waals surface area contributed by atoms with E-state index in [4.69, 9.17) is 0 Å². The highest BCUT2D eigenvalue weighted by Gasteiger charge is 2.16. The molecule has 0 spiro atoms. The van der Waals surface area contributed by atoms with E-state index in [2.05, 4.69) is 26.1 Å². The third-order valence-corrected chi connectivity index (χ3v) is 3.02. The van der Waals surface area contributed by atoms with Crippen LogP contribution in [0.5, 0.6) is 0 Å². The first kappa shape index (κ1) is 14.1. The zero-order valence-electron chi connectivity index (χ0n) is 10.9. The van der Waals surface area contributed by atoms with Gasteiger partial charge >= 0.3 is 0 Å². The number of hydrogen-bond donors (Lipinski definition) is 1. The largest absolute Gasteiger partial charge is 0.312 e. The van der Waals surface area contributed by atoms with Crippen molar-refractivity contribution in [1.82, 2.24) is 5.32 Å². The van der Waals surface area contributed by atoms with Crippen molar-refractivity contribution >= 4 is 0 Å². The van der Waals surface area contributed by atoms with Gasteiger partial charge in [-0.15, -0.1) is 0 Å². The van der Waals surface area contributed by atoms with Gasteiger partial charge in [0.15, 0.2) is 11.6 Å². The van der Waals surface area contributed by atoms with Crippen LogP contribution in [0.25, 0.3) is 0 Å². The average Bonchev–Trinajstić information content (AvgIpc) is 2.23. The minimum atomic E-state index is -0.765. The van der Waals surface area contributed by atoms with Gasteiger partial charge in [0.2, 0.25) is 0 Å². The zero-order chi connectivity index (χ0) is 13.0. The predicted molar refractivity (Wildman–Crippen MR) is 67.0 cm³/mol. The summed E-state index contributed by atoms with van der Waals surface area (Å²) in [7, 11) is 0. The summed E-state index contributed by atoms with van der Waals surface area (Å²) >= 11 is 0. The standard InChI is InChI=1S/C14H21F2N/c1-9(2)17-11(4)10(3)8-12-6-5-7-13(15)14(12)16/h5-7,9-11,17H,8H2,1-4H3. The van der Waals surface area contributed by atoms with Crippen molar-refractivity contribution in [3.05, 3.63) is 35.4 Å². The molecular weight excluding hydrogens is 220 g/mol. The summed E-state index contributed by atoms with van der Waals surface area (Å²) in [6.07, 6.45) is 0.546. The second kappa shape index (κ2) is 6.10. The number of benzene rings is 1. The van der Waals surface area contributed by atoms with Crippen LogP contribution >= 0.6 is 0 Å². The Balaban J connectivity index is 2.67. The van der Waals surface area contributed by atoms with Gasteiger partial charge in [0.05, 0.1) is 0 Å². The van der Waals surface area contributed by atoms with E-state index in [-0.39, 0.29) is 12.0 Å². The highest BCUT2D eigenvalue weighted by atomic mass is 19.2. The molecule has 3 heteroatoms. The van der Waals surface area contributed by atoms with Gasteiger partial charge in [-0.25, -0.2) is 8.78 Å². The summed E-state index contributed by atoms with van der Waals surface area (Å²) in [5.41, 5.74) is 0.454. The lowest BCUT2D eigenvalue weighted by Gasteiger charge is -2.23. The van der Waals surface area contributed by atoms with Gasteiger partial charge < -0.3 is 5.32 Å². The summed E-state index contributed by atoms with van der Waals surface area (Å²) in [4.78, 5) is 0. The molecule has 1 aromatic rings. The van der Waals surface area contributed by atoms with Crippen molar-refractivity contribution < 1.29 is 8.78 Å². The molecule has 1 aromatic carbocycles. The topological polar surface area (TPSA) is 12.0 Å². The van der Waals surface area contributed by atoms with E-state index >= 15 is 0 Å². The van der Waals surface area contributed by atoms with Gasteiger partial charge in [-0.05, 0) is 30.9 Å². The number of rotatable bonds is 5. The second-order valence-corrected chi connectivity index (χ2v) is 5.00.